The number of hydrogen-bond acceptors (Lipinski definition) is 3. The maximum absolute atomic E-state index is 6.07. The molecule has 0 bridgehead atoms. The van der Waals surface area contributed by atoms with Crippen molar-refractivity contribution in [1.82, 2.24) is 5.32 Å². The number of methoxy groups -OCH3 is 1. The van der Waals surface area contributed by atoms with E-state index in [4.69, 9.17) is 16.3 Å². The Morgan fingerprint density at radius 1 is 1.30 bits per heavy atom. The molecular formula is C16H24ClNOS. The molecule has 1 saturated carbocycles. The summed E-state index contributed by atoms with van der Waals surface area (Å²) in [7, 11) is 1.71. The third-order valence-corrected chi connectivity index (χ3v) is 5.86. The average molecular weight is 314 g/mol. The Labute approximate surface area is 131 Å². The molecule has 1 fully saturated rings. The predicted octanol–water partition coefficient (Wildman–Crippen LogP) is 4.50. The normalized spacial score (nSPS) is 17.9. The highest BCUT2D eigenvalue weighted by Gasteiger charge is 2.30. The Balaban J connectivity index is 1.93. The Kier molecular flexibility index (Phi) is 6.06. The highest BCUT2D eigenvalue weighted by molar-refractivity contribution is 8.00. The van der Waals surface area contributed by atoms with Crippen LogP contribution in [-0.4, -0.2) is 24.7 Å². The molecule has 0 spiro atoms. The first-order chi connectivity index (χ1) is 9.69. The lowest BCUT2D eigenvalue weighted by molar-refractivity contribution is 0.375. The van der Waals surface area contributed by atoms with E-state index in [0.717, 1.165) is 29.4 Å². The van der Waals surface area contributed by atoms with Crippen molar-refractivity contribution in [2.45, 2.75) is 43.4 Å². The number of hydrogen-bond donors (Lipinski definition) is 1. The molecule has 0 amide bonds. The van der Waals surface area contributed by atoms with Gasteiger partial charge in [0.1, 0.15) is 5.75 Å². The van der Waals surface area contributed by atoms with Gasteiger partial charge in [-0.15, -0.1) is 0 Å². The number of nitrogens with one attached hydrogen (secondary N) is 1. The molecule has 1 N–H and O–H groups in total. The van der Waals surface area contributed by atoms with Crippen LogP contribution >= 0.6 is 23.4 Å². The van der Waals surface area contributed by atoms with Crippen LogP contribution < -0.4 is 10.1 Å². The molecule has 0 heterocycles. The summed E-state index contributed by atoms with van der Waals surface area (Å²) in [5.41, 5.74) is 1.13. The summed E-state index contributed by atoms with van der Waals surface area (Å²) in [4.78, 5) is 0. The Hall–Kier alpha value is -0.380. The number of benzene rings is 1. The number of halogens is 1. The first-order valence-electron chi connectivity index (χ1n) is 7.27. The largest absolute Gasteiger partial charge is 0.496 e. The first-order valence-corrected chi connectivity index (χ1v) is 8.88. The molecule has 0 saturated heterocycles. The van der Waals surface area contributed by atoms with E-state index in [1.807, 2.05) is 30.0 Å². The van der Waals surface area contributed by atoms with Gasteiger partial charge in [0, 0.05) is 28.4 Å². The summed E-state index contributed by atoms with van der Waals surface area (Å²) in [5, 5.41) is 4.37. The van der Waals surface area contributed by atoms with E-state index < -0.39 is 0 Å². The summed E-state index contributed by atoms with van der Waals surface area (Å²) in [6.07, 6.45) is 9.02. The van der Waals surface area contributed by atoms with Crippen LogP contribution in [0, 0.1) is 0 Å². The van der Waals surface area contributed by atoms with Crippen molar-refractivity contribution in [2.24, 2.45) is 0 Å². The minimum Gasteiger partial charge on any atom is -0.496 e. The molecule has 1 aromatic carbocycles. The summed E-state index contributed by atoms with van der Waals surface area (Å²) in [5.74, 6) is 0.906. The zero-order valence-electron chi connectivity index (χ0n) is 12.4. The van der Waals surface area contributed by atoms with E-state index in [1.165, 1.54) is 32.1 Å². The summed E-state index contributed by atoms with van der Waals surface area (Å²) < 4.78 is 5.81. The molecular weight excluding hydrogens is 290 g/mol. The van der Waals surface area contributed by atoms with Gasteiger partial charge in [-0.1, -0.05) is 30.9 Å². The summed E-state index contributed by atoms with van der Waals surface area (Å²) >= 11 is 8.09. The Bertz CT molecular complexity index is 432. The van der Waals surface area contributed by atoms with Crippen molar-refractivity contribution in [3.63, 3.8) is 0 Å². The van der Waals surface area contributed by atoms with Gasteiger partial charge in [-0.3, -0.25) is 0 Å². The van der Waals surface area contributed by atoms with Crippen molar-refractivity contribution in [1.29, 1.82) is 0 Å². The molecule has 2 nitrogen and oxygen atoms in total. The van der Waals surface area contributed by atoms with E-state index in [0.29, 0.717) is 4.75 Å². The molecule has 1 aliphatic rings. The lowest BCUT2D eigenvalue weighted by Gasteiger charge is -2.36. The molecule has 0 radical (unpaired) electrons. The van der Waals surface area contributed by atoms with Gasteiger partial charge in [0.15, 0.2) is 0 Å². The van der Waals surface area contributed by atoms with Crippen molar-refractivity contribution in [3.8, 4) is 5.75 Å². The van der Waals surface area contributed by atoms with Gasteiger partial charge in [-0.2, -0.15) is 11.8 Å². The van der Waals surface area contributed by atoms with E-state index >= 15 is 0 Å². The van der Waals surface area contributed by atoms with Crippen molar-refractivity contribution in [2.75, 3.05) is 19.9 Å². The van der Waals surface area contributed by atoms with Gasteiger partial charge in [0.25, 0.3) is 0 Å². The van der Waals surface area contributed by atoms with E-state index in [1.54, 1.807) is 7.11 Å². The minimum atomic E-state index is 0.421. The fourth-order valence-corrected chi connectivity index (χ4v) is 4.10. The third kappa shape index (κ3) is 4.06. The number of thioether (sulfide) groups is 1. The van der Waals surface area contributed by atoms with E-state index in [2.05, 4.69) is 11.6 Å². The lowest BCUT2D eigenvalue weighted by Crippen LogP contribution is -2.39. The van der Waals surface area contributed by atoms with Crippen molar-refractivity contribution >= 4 is 23.4 Å². The fraction of sp³-hybridized carbons (Fsp3) is 0.625. The van der Waals surface area contributed by atoms with Crippen LogP contribution in [0.4, 0.5) is 0 Å². The fourth-order valence-electron chi connectivity index (χ4n) is 2.96. The Morgan fingerprint density at radius 3 is 2.70 bits per heavy atom. The van der Waals surface area contributed by atoms with Gasteiger partial charge >= 0.3 is 0 Å². The monoisotopic (exact) mass is 313 g/mol. The highest BCUT2D eigenvalue weighted by Crippen LogP contribution is 2.38. The van der Waals surface area contributed by atoms with Crippen LogP contribution in [0.15, 0.2) is 18.2 Å². The van der Waals surface area contributed by atoms with Crippen LogP contribution in [0.5, 0.6) is 5.75 Å². The van der Waals surface area contributed by atoms with Crippen LogP contribution in [-0.2, 0) is 6.54 Å². The highest BCUT2D eigenvalue weighted by atomic mass is 35.5. The topological polar surface area (TPSA) is 21.3 Å². The third-order valence-electron chi connectivity index (χ3n) is 4.20. The van der Waals surface area contributed by atoms with Crippen molar-refractivity contribution < 1.29 is 4.74 Å². The van der Waals surface area contributed by atoms with Gasteiger partial charge in [-0.25, -0.2) is 0 Å². The number of rotatable bonds is 6. The second-order valence-corrected chi connectivity index (χ2v) is 7.22. The van der Waals surface area contributed by atoms with Crippen LogP contribution in [0.3, 0.4) is 0 Å². The maximum atomic E-state index is 6.07. The van der Waals surface area contributed by atoms with Crippen LogP contribution in [0.25, 0.3) is 0 Å². The van der Waals surface area contributed by atoms with Gasteiger partial charge in [0.2, 0.25) is 0 Å². The van der Waals surface area contributed by atoms with E-state index in [-0.39, 0.29) is 0 Å². The SMILES string of the molecule is COc1ccc(Cl)cc1CNCC1(SC)CCCCC1. The molecule has 1 aliphatic carbocycles. The standard InChI is InChI=1S/C16H24ClNOS/c1-19-15-7-6-14(17)10-13(15)11-18-12-16(20-2)8-4-3-5-9-16/h6-7,10,18H,3-5,8-9,11-12H2,1-2H3. The molecule has 112 valence electrons. The molecule has 20 heavy (non-hydrogen) atoms. The predicted molar refractivity (Wildman–Crippen MR) is 89.0 cm³/mol. The zero-order valence-corrected chi connectivity index (χ0v) is 13.9. The quantitative estimate of drug-likeness (QED) is 0.835. The van der Waals surface area contributed by atoms with Gasteiger partial charge < -0.3 is 10.1 Å². The zero-order chi connectivity index (χ0) is 14.4. The molecule has 0 aromatic heterocycles. The second-order valence-electron chi connectivity index (χ2n) is 5.51. The van der Waals surface area contributed by atoms with Gasteiger partial charge in [0.05, 0.1) is 7.11 Å². The average Bonchev–Trinajstić information content (AvgIpc) is 2.48. The molecule has 0 atom stereocenters. The maximum Gasteiger partial charge on any atom is 0.123 e. The molecule has 0 unspecified atom stereocenters. The molecule has 0 aliphatic heterocycles. The van der Waals surface area contributed by atoms with Crippen LogP contribution in [0.1, 0.15) is 37.7 Å². The van der Waals surface area contributed by atoms with Gasteiger partial charge in [-0.05, 0) is 37.3 Å². The molecule has 1 aromatic rings. The second kappa shape index (κ2) is 7.58. The molecule has 2 rings (SSSR count). The van der Waals surface area contributed by atoms with Crippen molar-refractivity contribution in [3.05, 3.63) is 28.8 Å². The smallest absolute Gasteiger partial charge is 0.123 e. The minimum absolute atomic E-state index is 0.421. The Morgan fingerprint density at radius 2 is 2.05 bits per heavy atom. The van der Waals surface area contributed by atoms with E-state index in [9.17, 15) is 0 Å². The number of ether oxygens (including phenoxy) is 1. The first kappa shape index (κ1) is 16.0. The molecule has 4 heteroatoms. The lowest BCUT2D eigenvalue weighted by atomic mass is 9.88. The van der Waals surface area contributed by atoms with Crippen LogP contribution in [0.2, 0.25) is 5.02 Å². The summed E-state index contributed by atoms with van der Waals surface area (Å²) in [6, 6.07) is 5.79. The summed E-state index contributed by atoms with van der Waals surface area (Å²) in [6.45, 7) is 1.87.